The predicted octanol–water partition coefficient (Wildman–Crippen LogP) is 2.62. The molecular formula is C10H10F3NO2. The first-order chi connectivity index (χ1) is 7.38. The minimum absolute atomic E-state index is 0.0250. The molecule has 1 heterocycles. The lowest BCUT2D eigenvalue weighted by molar-refractivity contribution is -0.139. The number of alkyl halides is 3. The molecular weight excluding hydrogens is 223 g/mol. The largest absolute Gasteiger partial charge is 0.477 e. The highest BCUT2D eigenvalue weighted by Gasteiger charge is 2.26. The molecule has 0 saturated heterocycles. The average molecular weight is 233 g/mol. The smallest absolute Gasteiger partial charge is 0.392 e. The fourth-order valence-electron chi connectivity index (χ4n) is 0.979. The first-order valence-corrected chi connectivity index (χ1v) is 4.55. The van der Waals surface area contributed by atoms with Crippen LogP contribution < -0.4 is 4.74 Å². The van der Waals surface area contributed by atoms with E-state index in [9.17, 15) is 18.0 Å². The van der Waals surface area contributed by atoms with E-state index >= 15 is 0 Å². The summed E-state index contributed by atoms with van der Waals surface area (Å²) < 4.78 is 40.2. The molecule has 0 aromatic carbocycles. The minimum Gasteiger partial charge on any atom is -0.477 e. The highest BCUT2D eigenvalue weighted by Crippen LogP contribution is 2.20. The van der Waals surface area contributed by atoms with E-state index in [1.165, 1.54) is 25.3 Å². The van der Waals surface area contributed by atoms with E-state index in [-0.39, 0.29) is 11.7 Å². The molecule has 0 spiro atoms. The predicted molar refractivity (Wildman–Crippen MR) is 50.4 cm³/mol. The van der Waals surface area contributed by atoms with Crippen molar-refractivity contribution in [3.05, 3.63) is 23.9 Å². The normalized spacial score (nSPS) is 11.2. The van der Waals surface area contributed by atoms with Gasteiger partial charge in [-0.2, -0.15) is 13.2 Å². The Morgan fingerprint density at radius 3 is 2.75 bits per heavy atom. The Morgan fingerprint density at radius 1 is 1.50 bits per heavy atom. The third-order valence-electron chi connectivity index (χ3n) is 1.78. The first kappa shape index (κ1) is 12.5. The van der Waals surface area contributed by atoms with Crippen molar-refractivity contribution in [1.82, 2.24) is 4.98 Å². The molecule has 0 radical (unpaired) electrons. The van der Waals surface area contributed by atoms with Gasteiger partial charge < -0.3 is 4.74 Å². The third-order valence-corrected chi connectivity index (χ3v) is 1.78. The number of Topliss-reactive ketones (excluding diaryl/α,β-unsaturated/α-hetero) is 1. The minimum atomic E-state index is -4.25. The van der Waals surface area contributed by atoms with Crippen molar-refractivity contribution in [2.75, 3.05) is 6.61 Å². The quantitative estimate of drug-likeness (QED) is 0.750. The maximum absolute atomic E-state index is 11.8. The van der Waals surface area contributed by atoms with Gasteiger partial charge in [0.25, 0.3) is 0 Å². The fourth-order valence-corrected chi connectivity index (χ4v) is 0.979. The fraction of sp³-hybridized carbons (Fsp3) is 0.400. The molecule has 0 aliphatic heterocycles. The number of ether oxygens (including phenoxy) is 1. The van der Waals surface area contributed by atoms with Gasteiger partial charge in [0.05, 0.1) is 13.0 Å². The van der Waals surface area contributed by atoms with Crippen molar-refractivity contribution in [1.29, 1.82) is 0 Å². The number of aromatic nitrogens is 1. The highest BCUT2D eigenvalue weighted by molar-refractivity contribution is 5.94. The molecule has 88 valence electrons. The summed E-state index contributed by atoms with van der Waals surface area (Å²) in [5, 5.41) is 0. The van der Waals surface area contributed by atoms with Gasteiger partial charge in [0.2, 0.25) is 5.88 Å². The van der Waals surface area contributed by atoms with E-state index in [1.54, 1.807) is 0 Å². The summed E-state index contributed by atoms with van der Waals surface area (Å²) >= 11 is 0. The zero-order valence-corrected chi connectivity index (χ0v) is 8.54. The maximum atomic E-state index is 11.8. The van der Waals surface area contributed by atoms with E-state index < -0.39 is 19.2 Å². The molecule has 0 saturated carbocycles. The van der Waals surface area contributed by atoms with E-state index in [0.29, 0.717) is 5.56 Å². The number of carbonyl (C=O) groups excluding carboxylic acids is 1. The van der Waals surface area contributed by atoms with Gasteiger partial charge in [-0.25, -0.2) is 4.98 Å². The van der Waals surface area contributed by atoms with Crippen LogP contribution in [0.4, 0.5) is 13.2 Å². The number of hydrogen-bond acceptors (Lipinski definition) is 3. The number of halogens is 3. The number of nitrogens with zero attached hydrogens (tertiary/aromatic N) is 1. The topological polar surface area (TPSA) is 39.2 Å². The summed E-state index contributed by atoms with van der Waals surface area (Å²) in [6, 6.07) is 2.79. The summed E-state index contributed by atoms with van der Waals surface area (Å²) in [6.07, 6.45) is -3.98. The lowest BCUT2D eigenvalue weighted by atomic mass is 10.2. The summed E-state index contributed by atoms with van der Waals surface area (Å²) in [5.74, 6) is -0.167. The van der Waals surface area contributed by atoms with Gasteiger partial charge in [-0.05, 0) is 13.0 Å². The van der Waals surface area contributed by atoms with Crippen LogP contribution >= 0.6 is 0 Å². The van der Waals surface area contributed by atoms with Crippen LogP contribution in [0.5, 0.6) is 5.88 Å². The third kappa shape index (κ3) is 4.29. The second-order valence-electron chi connectivity index (χ2n) is 3.15. The molecule has 0 aliphatic rings. The maximum Gasteiger partial charge on any atom is 0.392 e. The number of hydrogen-bond donors (Lipinski definition) is 0. The van der Waals surface area contributed by atoms with E-state index in [4.69, 9.17) is 4.74 Å². The molecule has 1 aromatic rings. The Hall–Kier alpha value is -1.59. The standard InChI is InChI=1S/C10H10F3NO2/c1-7(15)8-2-4-14-9(6-8)16-5-3-10(11,12)13/h2,4,6H,3,5H2,1H3. The number of pyridine rings is 1. The monoisotopic (exact) mass is 233 g/mol. The molecule has 0 atom stereocenters. The summed E-state index contributed by atoms with van der Waals surface area (Å²) in [6.45, 7) is 0.854. The van der Waals surface area contributed by atoms with Gasteiger partial charge in [-0.15, -0.1) is 0 Å². The summed E-state index contributed by atoms with van der Waals surface area (Å²) in [4.78, 5) is 14.7. The van der Waals surface area contributed by atoms with Crippen LogP contribution in [0.2, 0.25) is 0 Å². The van der Waals surface area contributed by atoms with E-state index in [0.717, 1.165) is 0 Å². The second-order valence-corrected chi connectivity index (χ2v) is 3.15. The van der Waals surface area contributed by atoms with Crippen LogP contribution in [0.25, 0.3) is 0 Å². The van der Waals surface area contributed by atoms with Crippen molar-refractivity contribution in [3.8, 4) is 5.88 Å². The molecule has 0 amide bonds. The van der Waals surface area contributed by atoms with Crippen molar-refractivity contribution in [2.24, 2.45) is 0 Å². The molecule has 16 heavy (non-hydrogen) atoms. The van der Waals surface area contributed by atoms with Gasteiger partial charge in [0.1, 0.15) is 0 Å². The van der Waals surface area contributed by atoms with Crippen LogP contribution in [-0.2, 0) is 0 Å². The summed E-state index contributed by atoms with van der Waals surface area (Å²) in [5.41, 5.74) is 0.358. The van der Waals surface area contributed by atoms with Crippen LogP contribution in [0, 0.1) is 0 Å². The van der Waals surface area contributed by atoms with Gasteiger partial charge >= 0.3 is 6.18 Å². The Bertz CT molecular complexity index is 377. The van der Waals surface area contributed by atoms with E-state index in [2.05, 4.69) is 4.98 Å². The Labute approximate surface area is 90.2 Å². The van der Waals surface area contributed by atoms with Crippen LogP contribution in [-0.4, -0.2) is 23.6 Å². The molecule has 3 nitrogen and oxygen atoms in total. The molecule has 0 aliphatic carbocycles. The summed E-state index contributed by atoms with van der Waals surface area (Å²) in [7, 11) is 0. The van der Waals surface area contributed by atoms with Gasteiger partial charge in [-0.3, -0.25) is 4.79 Å². The second kappa shape index (κ2) is 4.96. The van der Waals surface area contributed by atoms with Crippen LogP contribution in [0.1, 0.15) is 23.7 Å². The van der Waals surface area contributed by atoms with Gasteiger partial charge in [0, 0.05) is 17.8 Å². The number of carbonyl (C=O) groups is 1. The lowest BCUT2D eigenvalue weighted by Gasteiger charge is -2.08. The zero-order chi connectivity index (χ0) is 12.2. The van der Waals surface area contributed by atoms with Crippen molar-refractivity contribution >= 4 is 5.78 Å². The SMILES string of the molecule is CC(=O)c1ccnc(OCCC(F)(F)F)c1. The molecule has 1 aromatic heterocycles. The average Bonchev–Trinajstić information content (AvgIpc) is 2.16. The molecule has 6 heteroatoms. The number of ketones is 1. The molecule has 0 fully saturated rings. The Morgan fingerprint density at radius 2 is 2.19 bits per heavy atom. The van der Waals surface area contributed by atoms with Crippen LogP contribution in [0.15, 0.2) is 18.3 Å². The van der Waals surface area contributed by atoms with Crippen molar-refractivity contribution < 1.29 is 22.7 Å². The molecule has 0 unspecified atom stereocenters. The zero-order valence-electron chi connectivity index (χ0n) is 8.54. The van der Waals surface area contributed by atoms with E-state index in [1.807, 2.05) is 0 Å². The van der Waals surface area contributed by atoms with Gasteiger partial charge in [0.15, 0.2) is 5.78 Å². The number of rotatable bonds is 4. The molecule has 1 rings (SSSR count). The Balaban J connectivity index is 2.55. The van der Waals surface area contributed by atoms with Crippen molar-refractivity contribution in [2.45, 2.75) is 19.5 Å². The molecule has 0 bridgehead atoms. The molecule has 0 N–H and O–H groups in total. The Kier molecular flexibility index (Phi) is 3.87. The first-order valence-electron chi connectivity index (χ1n) is 4.55. The van der Waals surface area contributed by atoms with Crippen LogP contribution in [0.3, 0.4) is 0 Å². The highest BCUT2D eigenvalue weighted by atomic mass is 19.4. The lowest BCUT2D eigenvalue weighted by Crippen LogP contribution is -2.13. The van der Waals surface area contributed by atoms with Gasteiger partial charge in [-0.1, -0.05) is 0 Å². The van der Waals surface area contributed by atoms with Crippen molar-refractivity contribution in [3.63, 3.8) is 0 Å².